The minimum absolute atomic E-state index is 0.166. The van der Waals surface area contributed by atoms with Crippen LogP contribution in [0.3, 0.4) is 0 Å². The molecule has 16 rings (SSSR count). The number of nitrogens with zero attached hydrogens (tertiary/aromatic N) is 11. The van der Waals surface area contributed by atoms with Crippen molar-refractivity contribution in [2.75, 3.05) is 210 Å². The van der Waals surface area contributed by atoms with Crippen molar-refractivity contribution in [2.24, 2.45) is 0 Å². The average molecular weight is 2150 g/mol. The number of carbonyl (C=O) groups excluding carboxylic acids is 1. The standard InChI is InChI=1S/C30H40ClN6O4PS.C26H33ClN5O3P.C24H26N5O3P.C22H27ClN4O4P2/c1-21(2)43(39,40)28-8-6-5-7-26(28)33-29-24(31)20-32-30(35-29)34-25-10-9-23(19-27(25)41-4)42(38)17-11-22(12-18-42)37-15-13-36(3)14-16-37;1-34-23-17-19(35-16-8-15-32-13-6-7-14-32)11-12-21(23)30-26-28-18-20(27)25(31-26)29-22-9-4-5-10-24(22)36(2,3)33;1-25-23(30)17-8-5-6-10-19(17)26-22-16-9-7-11-18(16)27-24(29-22)28-20-13-12-15(33(3,4)31)14-21(20)32-2;1-30-19-11-14(32(3,4)28)7-9-17(19)25-21-16(23)13-24-22(27-21)26-18-10-8-15(33(5,6)29)12-20(18)31-2/h5-10,19-22H,11-18H2,1-4H3,(H2,32,33,34,35);4-5,9-12,17-18H,6-8,13-16H2,1-3H3,(H2,28,29,30,31);5-10,12-14H,11H2,1-4H3,(H,25,30)(H2,26,27,28,29);7-13H,1-6H3,(H2,24,25,26,27). The Labute approximate surface area is 863 Å². The molecular formula is C102H126Cl3N20O14P5S. The zero-order valence-corrected chi connectivity index (χ0v) is 91.9. The topological polar surface area (TPSA) is 413 Å². The van der Waals surface area contributed by atoms with Gasteiger partial charge in [0.05, 0.1) is 128 Å². The number of ether oxygens (including phenoxy) is 6. The molecule has 145 heavy (non-hydrogen) atoms. The van der Waals surface area contributed by atoms with E-state index in [9.17, 15) is 36.0 Å². The quantitative estimate of drug-likeness (QED) is 0.0132. The van der Waals surface area contributed by atoms with E-state index in [0.717, 1.165) is 84.9 Å². The molecule has 4 aromatic heterocycles. The number of rotatable bonds is 35. The van der Waals surface area contributed by atoms with Crippen LogP contribution in [0.25, 0.3) is 6.08 Å². The molecule has 3 saturated heterocycles. The molecule has 0 saturated carbocycles. The van der Waals surface area contributed by atoms with Crippen molar-refractivity contribution in [3.05, 3.63) is 220 Å². The number of anilines is 16. The third kappa shape index (κ3) is 29.2. The Kier molecular flexibility index (Phi) is 37.5. The summed E-state index contributed by atoms with van der Waals surface area (Å²) in [6.45, 7) is 25.4. The number of halogens is 3. The number of aromatic nitrogens is 8. The summed E-state index contributed by atoms with van der Waals surface area (Å²) in [5.74, 6) is 6.16. The summed E-state index contributed by atoms with van der Waals surface area (Å²) >= 11 is 19.1. The number of para-hydroxylation sites is 3. The van der Waals surface area contributed by atoms with E-state index in [4.69, 9.17) is 63.2 Å². The van der Waals surface area contributed by atoms with Gasteiger partial charge in [0, 0.05) is 103 Å². The number of amides is 1. The molecule has 7 heterocycles. The number of benzene rings is 8. The number of fused-ring (bicyclic) bond motifs is 1. The lowest BCUT2D eigenvalue weighted by Crippen LogP contribution is -2.50. The summed E-state index contributed by atoms with van der Waals surface area (Å²) < 4.78 is 123. The molecule has 0 bridgehead atoms. The van der Waals surface area contributed by atoms with Crippen LogP contribution in [0.15, 0.2) is 193 Å². The van der Waals surface area contributed by atoms with Crippen LogP contribution in [0, 0.1) is 0 Å². The molecule has 12 aromatic rings. The molecule has 770 valence electrons. The monoisotopic (exact) mass is 2150 g/mol. The Hall–Kier alpha value is -11.7. The van der Waals surface area contributed by atoms with Gasteiger partial charge in [-0.05, 0) is 241 Å². The highest BCUT2D eigenvalue weighted by Gasteiger charge is 2.36. The Bertz CT molecular complexity index is 7060. The smallest absolute Gasteiger partial charge is 0.253 e. The molecule has 1 amide bonds. The summed E-state index contributed by atoms with van der Waals surface area (Å²) in [5, 5.41) is 32.1. The molecule has 3 aliphatic heterocycles. The number of nitrogens with one attached hydrogen (secondary N) is 9. The highest BCUT2D eigenvalue weighted by Crippen LogP contribution is 2.52. The third-order valence-electron chi connectivity index (χ3n) is 24.6. The lowest BCUT2D eigenvalue weighted by atomic mass is 10.1. The van der Waals surface area contributed by atoms with Gasteiger partial charge in [-0.25, -0.2) is 28.4 Å². The predicted molar refractivity (Wildman–Crippen MR) is 593 cm³/mol. The molecule has 3 fully saturated rings. The number of carbonyl (C=O) groups is 1. The number of sulfone groups is 1. The fraction of sp³-hybridized carbons (Fsp3) is 0.343. The van der Waals surface area contributed by atoms with Crippen LogP contribution in [-0.4, -0.2) is 248 Å². The van der Waals surface area contributed by atoms with Crippen LogP contribution in [-0.2, 0) is 39.1 Å². The van der Waals surface area contributed by atoms with E-state index in [0.29, 0.717) is 161 Å². The lowest BCUT2D eigenvalue weighted by Gasteiger charge is -2.41. The molecule has 0 atom stereocenters. The largest absolute Gasteiger partial charge is 0.495 e. The van der Waals surface area contributed by atoms with Gasteiger partial charge in [0.1, 0.15) is 91.1 Å². The van der Waals surface area contributed by atoms with Crippen LogP contribution >= 0.6 is 70.5 Å². The maximum atomic E-state index is 14.1. The van der Waals surface area contributed by atoms with E-state index in [1.54, 1.807) is 168 Å². The van der Waals surface area contributed by atoms with E-state index < -0.39 is 50.8 Å². The van der Waals surface area contributed by atoms with Gasteiger partial charge >= 0.3 is 0 Å². The first kappa shape index (κ1) is 111. The number of methoxy groups -OCH3 is 5. The van der Waals surface area contributed by atoms with Crippen molar-refractivity contribution in [2.45, 2.75) is 68.6 Å². The fourth-order valence-corrected chi connectivity index (χ4v) is 24.6. The van der Waals surface area contributed by atoms with Gasteiger partial charge in [0.15, 0.2) is 27.3 Å². The zero-order chi connectivity index (χ0) is 104. The van der Waals surface area contributed by atoms with Gasteiger partial charge in [-0.15, -0.1) is 0 Å². The van der Waals surface area contributed by atoms with Gasteiger partial charge in [0.25, 0.3) is 5.91 Å². The van der Waals surface area contributed by atoms with Crippen LogP contribution in [0.4, 0.5) is 92.6 Å². The second-order valence-corrected chi connectivity index (χ2v) is 56.4. The third-order valence-corrected chi connectivity index (χ3v) is 36.9. The summed E-state index contributed by atoms with van der Waals surface area (Å²) in [7, 11) is -4.29. The highest BCUT2D eigenvalue weighted by atomic mass is 35.5. The van der Waals surface area contributed by atoms with E-state index in [-0.39, 0.29) is 33.5 Å². The number of hydrogen-bond acceptors (Lipinski definition) is 33. The summed E-state index contributed by atoms with van der Waals surface area (Å²) in [5.41, 5.74) is 7.19. The van der Waals surface area contributed by atoms with Gasteiger partial charge in [0.2, 0.25) is 23.8 Å². The van der Waals surface area contributed by atoms with Gasteiger partial charge in [-0.3, -0.25) is 9.69 Å². The molecule has 43 heteroatoms. The summed E-state index contributed by atoms with van der Waals surface area (Å²) in [4.78, 5) is 55.6. The van der Waals surface area contributed by atoms with Crippen LogP contribution < -0.4 is 103 Å². The van der Waals surface area contributed by atoms with Gasteiger partial charge in [-0.2, -0.15) is 19.9 Å². The Morgan fingerprint density at radius 1 is 0.476 bits per heavy atom. The minimum Gasteiger partial charge on any atom is -0.495 e. The average Bonchev–Trinajstić information content (AvgIpc) is 1.78. The van der Waals surface area contributed by atoms with Crippen molar-refractivity contribution in [3.63, 3.8) is 0 Å². The minimum atomic E-state index is -3.55. The zero-order valence-electron chi connectivity index (χ0n) is 84.4. The molecular weight excluding hydrogens is 2020 g/mol. The summed E-state index contributed by atoms with van der Waals surface area (Å²) in [6.07, 6.45) is 16.0. The van der Waals surface area contributed by atoms with Crippen molar-refractivity contribution >= 4 is 211 Å². The first-order valence-electron chi connectivity index (χ1n) is 47.1. The number of likely N-dealkylation sites (N-methyl/N-ethyl adjacent to an activating group) is 1. The Morgan fingerprint density at radius 3 is 1.39 bits per heavy atom. The molecule has 0 radical (unpaired) electrons. The number of piperazine rings is 1. The van der Waals surface area contributed by atoms with Crippen LogP contribution in [0.5, 0.6) is 34.5 Å². The molecule has 1 aliphatic carbocycles. The Balaban J connectivity index is 0.000000163. The molecule has 8 aromatic carbocycles. The van der Waals surface area contributed by atoms with Gasteiger partial charge in [-0.1, -0.05) is 83.4 Å². The van der Waals surface area contributed by atoms with E-state index in [2.05, 4.69) is 109 Å². The number of likely N-dealkylation sites (tertiary alicyclic amines) is 1. The fourth-order valence-electron chi connectivity index (χ4n) is 16.4. The van der Waals surface area contributed by atoms with E-state index in [1.165, 1.54) is 58.7 Å². The van der Waals surface area contributed by atoms with Crippen molar-refractivity contribution in [3.8, 4) is 34.5 Å². The maximum absolute atomic E-state index is 14.1. The predicted octanol–water partition coefficient (Wildman–Crippen LogP) is 20.2. The molecule has 0 unspecified atom stereocenters. The van der Waals surface area contributed by atoms with Crippen molar-refractivity contribution in [1.29, 1.82) is 0 Å². The molecule has 9 N–H and O–H groups in total. The van der Waals surface area contributed by atoms with Crippen LogP contribution in [0.1, 0.15) is 67.6 Å². The van der Waals surface area contributed by atoms with Crippen LogP contribution in [0.2, 0.25) is 15.1 Å². The number of hydrogen-bond donors (Lipinski definition) is 9. The SMILES string of the molecule is CNC(=O)c1ccccc1Nc1nc(Nc2ccc(P(C)(C)=O)cc2OC)nc2c1C=CC2.COc1cc(OCCCN2CCCC2)ccc1Nc1ncc(Cl)c(Nc2ccccc2P(C)(C)=O)n1.COc1cc(P(C)(C)=O)ccc1Nc1ncc(Cl)c(Nc2ccc(P(C)(C)=O)cc2OC)n1.COc1cc(P2(=O)CCC(N3CCN(C)CC3)CC2)ccc1Nc1ncc(Cl)c(Nc2ccccc2S(=O)(=O)C(C)C)n1. The summed E-state index contributed by atoms with van der Waals surface area (Å²) in [6, 6.07) is 49.1. The Morgan fingerprint density at radius 2 is 0.897 bits per heavy atom. The maximum Gasteiger partial charge on any atom is 0.253 e. The highest BCUT2D eigenvalue weighted by molar-refractivity contribution is 7.92. The lowest BCUT2D eigenvalue weighted by molar-refractivity contribution is 0.0963. The molecule has 0 spiro atoms. The first-order chi connectivity index (χ1) is 69.0. The van der Waals surface area contributed by atoms with E-state index in [1.807, 2.05) is 103 Å². The van der Waals surface area contributed by atoms with Crippen molar-refractivity contribution < 1.29 is 64.5 Å². The second kappa shape index (κ2) is 49.2. The van der Waals surface area contributed by atoms with E-state index >= 15 is 0 Å². The first-order valence-corrected chi connectivity index (χ1v) is 62.2. The van der Waals surface area contributed by atoms with Crippen molar-refractivity contribution in [1.82, 2.24) is 59.9 Å². The number of allylic oxidation sites excluding steroid dienone is 1. The molecule has 4 aliphatic rings. The second-order valence-electron chi connectivity index (χ2n) is 36.7. The molecule has 34 nitrogen and oxygen atoms in total. The normalized spacial score (nSPS) is 15.4. The van der Waals surface area contributed by atoms with Gasteiger partial charge < -0.3 is 109 Å².